The first-order valence-electron chi connectivity index (χ1n) is 7.64. The first kappa shape index (κ1) is 17.5. The second-order valence-corrected chi connectivity index (χ2v) is 7.83. The highest BCUT2D eigenvalue weighted by molar-refractivity contribution is 7.98. The van der Waals surface area contributed by atoms with Gasteiger partial charge in [0.05, 0.1) is 0 Å². The van der Waals surface area contributed by atoms with Crippen molar-refractivity contribution in [1.29, 1.82) is 0 Å². The Morgan fingerprint density at radius 1 is 1.24 bits per heavy atom. The van der Waals surface area contributed by atoms with E-state index in [9.17, 15) is 4.79 Å². The molecule has 0 aliphatic rings. The molecule has 3 N–H and O–H groups in total. The van der Waals surface area contributed by atoms with Gasteiger partial charge in [0.2, 0.25) is 5.16 Å². The van der Waals surface area contributed by atoms with Crippen molar-refractivity contribution in [2.75, 3.05) is 5.84 Å². The summed E-state index contributed by atoms with van der Waals surface area (Å²) in [5, 5.41) is 17.9. The van der Waals surface area contributed by atoms with Gasteiger partial charge in [-0.3, -0.25) is 0 Å². The van der Waals surface area contributed by atoms with E-state index in [4.69, 9.17) is 10.9 Å². The minimum absolute atomic E-state index is 0.334. The smallest absolute Gasteiger partial charge is 0.345 e. The predicted octanol–water partition coefficient (Wildman–Crippen LogP) is 3.25. The summed E-state index contributed by atoms with van der Waals surface area (Å²) in [5.41, 5.74) is 3.64. The van der Waals surface area contributed by atoms with E-state index in [1.54, 1.807) is 6.07 Å². The Morgan fingerprint density at radius 3 is 2.72 bits per heavy atom. The van der Waals surface area contributed by atoms with Crippen molar-refractivity contribution < 1.29 is 9.90 Å². The van der Waals surface area contributed by atoms with Gasteiger partial charge in [-0.1, -0.05) is 30.0 Å². The fraction of sp³-hybridized carbons (Fsp3) is 0.235. The van der Waals surface area contributed by atoms with Crippen LogP contribution in [0.4, 0.5) is 0 Å². The highest BCUT2D eigenvalue weighted by Gasteiger charge is 2.13. The number of nitrogens with zero attached hydrogens (tertiary/aromatic N) is 3. The van der Waals surface area contributed by atoms with Gasteiger partial charge in [0.1, 0.15) is 4.88 Å². The number of nitrogens with two attached hydrogens (primary N) is 1. The van der Waals surface area contributed by atoms with Crippen molar-refractivity contribution in [2.45, 2.75) is 31.2 Å². The summed E-state index contributed by atoms with van der Waals surface area (Å²) in [4.78, 5) is 12.2. The summed E-state index contributed by atoms with van der Waals surface area (Å²) in [6, 6.07) is 9.72. The van der Waals surface area contributed by atoms with Crippen molar-refractivity contribution in [1.82, 2.24) is 14.9 Å². The molecule has 0 atom stereocenters. The number of carboxylic acid groups (broad SMARTS) is 1. The monoisotopic (exact) mass is 374 g/mol. The highest BCUT2D eigenvalue weighted by Crippen LogP contribution is 2.26. The number of carboxylic acids is 1. The molecule has 0 fully saturated rings. The zero-order valence-corrected chi connectivity index (χ0v) is 15.5. The molecule has 3 aromatic rings. The third-order valence-corrected chi connectivity index (χ3v) is 6.13. The molecule has 2 aromatic heterocycles. The normalized spacial score (nSPS) is 11.0. The van der Waals surface area contributed by atoms with E-state index in [2.05, 4.69) is 42.2 Å². The predicted molar refractivity (Wildman–Crippen MR) is 99.7 cm³/mol. The first-order valence-corrected chi connectivity index (χ1v) is 9.44. The molecule has 1 aromatic carbocycles. The van der Waals surface area contributed by atoms with Gasteiger partial charge in [0, 0.05) is 17.1 Å². The van der Waals surface area contributed by atoms with E-state index >= 15 is 0 Å². The van der Waals surface area contributed by atoms with Crippen LogP contribution in [0.3, 0.4) is 0 Å². The molecule has 0 spiro atoms. The minimum atomic E-state index is -0.904. The molecule has 0 saturated carbocycles. The van der Waals surface area contributed by atoms with E-state index < -0.39 is 5.97 Å². The molecule has 0 aliphatic heterocycles. The molecular weight excluding hydrogens is 356 g/mol. The van der Waals surface area contributed by atoms with Gasteiger partial charge in [-0.05, 0) is 42.7 Å². The number of hydrogen-bond acceptors (Lipinski definition) is 6. The van der Waals surface area contributed by atoms with Crippen LogP contribution in [0.1, 0.15) is 37.1 Å². The molecule has 0 radical (unpaired) electrons. The van der Waals surface area contributed by atoms with E-state index in [1.165, 1.54) is 38.9 Å². The van der Waals surface area contributed by atoms with Gasteiger partial charge in [-0.15, -0.1) is 21.5 Å². The minimum Gasteiger partial charge on any atom is -0.477 e. The third-order valence-electron chi connectivity index (χ3n) is 3.88. The molecule has 3 rings (SSSR count). The van der Waals surface area contributed by atoms with Crippen LogP contribution in [0.2, 0.25) is 0 Å². The molecule has 2 heterocycles. The van der Waals surface area contributed by atoms with Gasteiger partial charge in [0.15, 0.2) is 5.82 Å². The average Bonchev–Trinajstić information content (AvgIpc) is 3.17. The van der Waals surface area contributed by atoms with Crippen molar-refractivity contribution in [3.8, 4) is 0 Å². The Morgan fingerprint density at radius 2 is 2.04 bits per heavy atom. The van der Waals surface area contributed by atoms with Crippen LogP contribution in [-0.4, -0.2) is 25.9 Å². The van der Waals surface area contributed by atoms with Crippen molar-refractivity contribution in [3.05, 3.63) is 62.6 Å². The van der Waals surface area contributed by atoms with E-state index in [0.29, 0.717) is 28.0 Å². The van der Waals surface area contributed by atoms with Crippen LogP contribution in [0.15, 0.2) is 35.5 Å². The van der Waals surface area contributed by atoms with Crippen molar-refractivity contribution in [3.63, 3.8) is 0 Å². The highest BCUT2D eigenvalue weighted by atomic mass is 32.2. The van der Waals surface area contributed by atoms with Gasteiger partial charge in [-0.2, -0.15) is 0 Å². The number of hydrogen-bond donors (Lipinski definition) is 2. The lowest BCUT2D eigenvalue weighted by molar-refractivity contribution is 0.0702. The maximum atomic E-state index is 10.9. The van der Waals surface area contributed by atoms with Crippen LogP contribution in [0.25, 0.3) is 0 Å². The summed E-state index contributed by atoms with van der Waals surface area (Å²) in [6.45, 7) is 4.17. The lowest BCUT2D eigenvalue weighted by Crippen LogP contribution is -2.14. The topological polar surface area (TPSA) is 94.0 Å². The van der Waals surface area contributed by atoms with Crippen molar-refractivity contribution in [2.24, 2.45) is 0 Å². The van der Waals surface area contributed by atoms with Gasteiger partial charge in [0.25, 0.3) is 0 Å². The van der Waals surface area contributed by atoms with Crippen LogP contribution < -0.4 is 5.84 Å². The number of carbonyl (C=O) groups is 1. The molecule has 130 valence electrons. The number of rotatable bonds is 6. The number of aromatic nitrogens is 3. The summed E-state index contributed by atoms with van der Waals surface area (Å²) in [7, 11) is 0. The number of aryl methyl sites for hydroxylation is 2. The molecule has 0 saturated heterocycles. The molecular formula is C17H18N4O2S2. The number of thioether (sulfide) groups is 1. The number of benzene rings is 1. The summed E-state index contributed by atoms with van der Waals surface area (Å²) < 4.78 is 1.51. The Kier molecular flexibility index (Phi) is 5.10. The van der Waals surface area contributed by atoms with E-state index in [1.807, 2.05) is 6.07 Å². The lowest BCUT2D eigenvalue weighted by atomic mass is 10.0. The maximum Gasteiger partial charge on any atom is 0.345 e. The Labute approximate surface area is 153 Å². The lowest BCUT2D eigenvalue weighted by Gasteiger charge is -2.06. The van der Waals surface area contributed by atoms with Gasteiger partial charge in [-0.25, -0.2) is 9.47 Å². The second-order valence-electron chi connectivity index (χ2n) is 5.72. The fourth-order valence-corrected chi connectivity index (χ4v) is 4.09. The molecule has 0 amide bonds. The summed E-state index contributed by atoms with van der Waals surface area (Å²) in [6.07, 6.45) is 0.618. The van der Waals surface area contributed by atoms with Crippen molar-refractivity contribution >= 4 is 29.1 Å². The van der Waals surface area contributed by atoms with Crippen LogP contribution in [0.5, 0.6) is 0 Å². The fourth-order valence-electron chi connectivity index (χ4n) is 2.33. The Hall–Kier alpha value is -2.32. The second kappa shape index (κ2) is 7.28. The van der Waals surface area contributed by atoms with E-state index in [-0.39, 0.29) is 0 Å². The number of thiophene rings is 1. The Bertz CT molecular complexity index is 917. The van der Waals surface area contributed by atoms with Gasteiger partial charge < -0.3 is 10.9 Å². The maximum absolute atomic E-state index is 10.9. The quantitative estimate of drug-likeness (QED) is 0.508. The zero-order valence-electron chi connectivity index (χ0n) is 13.9. The average molecular weight is 374 g/mol. The molecule has 0 aliphatic carbocycles. The molecule has 8 heteroatoms. The third kappa shape index (κ3) is 4.02. The number of aromatic carboxylic acids is 1. The molecule has 6 nitrogen and oxygen atoms in total. The first-order chi connectivity index (χ1) is 11.9. The zero-order chi connectivity index (χ0) is 18.0. The van der Waals surface area contributed by atoms with Gasteiger partial charge >= 0.3 is 5.97 Å². The standard InChI is InChI=1S/C17H18N4O2S2/c1-10-3-4-12(7-11(10)2)8-15-19-20-17(21(15)18)24-9-13-5-6-14(25-13)16(22)23/h3-7H,8-9,18H2,1-2H3,(H,22,23). The summed E-state index contributed by atoms with van der Waals surface area (Å²) in [5.74, 6) is 6.52. The molecule has 0 bridgehead atoms. The Balaban J connectivity index is 1.67. The number of nitrogen functional groups attached to an aromatic ring is 1. The van der Waals surface area contributed by atoms with Crippen LogP contribution in [0, 0.1) is 13.8 Å². The largest absolute Gasteiger partial charge is 0.477 e. The molecule has 0 unspecified atom stereocenters. The van der Waals surface area contributed by atoms with Crippen LogP contribution in [-0.2, 0) is 12.2 Å². The van der Waals surface area contributed by atoms with E-state index in [0.717, 1.165) is 10.4 Å². The SMILES string of the molecule is Cc1ccc(Cc2nnc(SCc3ccc(C(=O)O)s3)n2N)cc1C. The molecule has 25 heavy (non-hydrogen) atoms. The van der Waals surface area contributed by atoms with Crippen LogP contribution >= 0.6 is 23.1 Å². The summed E-state index contributed by atoms with van der Waals surface area (Å²) >= 11 is 2.70.